The van der Waals surface area contributed by atoms with Crippen molar-refractivity contribution in [3.8, 4) is 0 Å². The maximum absolute atomic E-state index is 12.2. The molecular weight excluding hydrogens is 582 g/mol. The van der Waals surface area contributed by atoms with Gasteiger partial charge in [-0.15, -0.1) is 0 Å². The van der Waals surface area contributed by atoms with Crippen LogP contribution in [0.2, 0.25) is 0 Å². The maximum atomic E-state index is 12.2. The predicted octanol–water partition coefficient (Wildman–Crippen LogP) is -0.508. The summed E-state index contributed by atoms with van der Waals surface area (Å²) in [6.45, 7) is 7.36. The minimum absolute atomic E-state index is 0.228. The van der Waals surface area contributed by atoms with Gasteiger partial charge in [0.15, 0.2) is 48.9 Å². The Labute approximate surface area is 246 Å². The van der Waals surface area contributed by atoms with Crippen molar-refractivity contribution < 1.29 is 76.1 Å². The highest BCUT2D eigenvalue weighted by Gasteiger charge is 2.58. The molecular formula is C26H35NO16. The zero-order valence-corrected chi connectivity index (χ0v) is 24.7. The van der Waals surface area contributed by atoms with E-state index in [1.54, 1.807) is 6.92 Å². The van der Waals surface area contributed by atoms with Crippen LogP contribution in [0.3, 0.4) is 0 Å². The molecule has 0 unspecified atom stereocenters. The van der Waals surface area contributed by atoms with Crippen molar-refractivity contribution in [2.45, 2.75) is 110 Å². The quantitative estimate of drug-likeness (QED) is 0.223. The van der Waals surface area contributed by atoms with Crippen LogP contribution in [0.4, 0.5) is 0 Å². The van der Waals surface area contributed by atoms with Crippen molar-refractivity contribution in [2.24, 2.45) is 4.99 Å². The van der Waals surface area contributed by atoms with Gasteiger partial charge >= 0.3 is 35.8 Å². The smallest absolute Gasteiger partial charge is 0.303 e. The van der Waals surface area contributed by atoms with E-state index in [1.165, 1.54) is 6.92 Å². The van der Waals surface area contributed by atoms with Gasteiger partial charge in [0, 0.05) is 48.5 Å². The molecule has 17 nitrogen and oxygen atoms in total. The molecule has 0 saturated carbocycles. The number of carbonyl (C=O) groups is 6. The lowest BCUT2D eigenvalue weighted by molar-refractivity contribution is -0.342. The Kier molecular flexibility index (Phi) is 11.4. The van der Waals surface area contributed by atoms with Crippen molar-refractivity contribution >= 4 is 41.7 Å². The third-order valence-corrected chi connectivity index (χ3v) is 6.22. The van der Waals surface area contributed by atoms with Crippen LogP contribution in [0.15, 0.2) is 4.99 Å². The molecule has 3 aliphatic heterocycles. The van der Waals surface area contributed by atoms with E-state index in [9.17, 15) is 28.8 Å². The maximum Gasteiger partial charge on any atom is 0.303 e. The zero-order valence-electron chi connectivity index (χ0n) is 24.7. The fraction of sp³-hybridized carbons (Fsp3) is 0.731. The molecule has 0 N–H and O–H groups in total. The summed E-state index contributed by atoms with van der Waals surface area (Å²) < 4.78 is 56.0. The van der Waals surface area contributed by atoms with Crippen molar-refractivity contribution in [3.63, 3.8) is 0 Å². The summed E-state index contributed by atoms with van der Waals surface area (Å²) in [6.07, 6.45) is -13.1. The van der Waals surface area contributed by atoms with Gasteiger partial charge in [0.25, 0.3) is 0 Å². The average Bonchev–Trinajstić information content (AvgIpc) is 3.25. The number of esters is 6. The molecule has 17 heteroatoms. The molecule has 0 amide bonds. The minimum Gasteiger partial charge on any atom is -0.469 e. The molecule has 43 heavy (non-hydrogen) atoms. The van der Waals surface area contributed by atoms with E-state index in [0.717, 1.165) is 34.6 Å². The molecule has 2 fully saturated rings. The first-order valence-corrected chi connectivity index (χ1v) is 13.3. The molecule has 0 spiro atoms. The van der Waals surface area contributed by atoms with E-state index in [2.05, 4.69) is 4.99 Å². The van der Waals surface area contributed by atoms with Crippen molar-refractivity contribution in [2.75, 3.05) is 13.2 Å². The Balaban J connectivity index is 2.07. The molecule has 0 aromatic heterocycles. The van der Waals surface area contributed by atoms with Gasteiger partial charge in [-0.2, -0.15) is 0 Å². The molecule has 3 heterocycles. The zero-order chi connectivity index (χ0) is 32.0. The van der Waals surface area contributed by atoms with Gasteiger partial charge in [0.2, 0.25) is 0 Å². The number of hydrogen-bond donors (Lipinski definition) is 0. The van der Waals surface area contributed by atoms with Crippen LogP contribution in [0.1, 0.15) is 48.5 Å². The van der Waals surface area contributed by atoms with E-state index in [-0.39, 0.29) is 12.5 Å². The fourth-order valence-electron chi connectivity index (χ4n) is 4.81. The molecule has 2 saturated heterocycles. The van der Waals surface area contributed by atoms with Crippen LogP contribution in [0, 0.1) is 0 Å². The van der Waals surface area contributed by atoms with E-state index < -0.39 is 104 Å². The van der Waals surface area contributed by atoms with Crippen LogP contribution in [0.25, 0.3) is 0 Å². The Hall–Kier alpha value is -3.83. The van der Waals surface area contributed by atoms with Crippen LogP contribution < -0.4 is 0 Å². The summed E-state index contributed by atoms with van der Waals surface area (Å²) in [5, 5.41) is 0. The van der Waals surface area contributed by atoms with Gasteiger partial charge in [0.05, 0.1) is 0 Å². The van der Waals surface area contributed by atoms with Crippen LogP contribution in [-0.4, -0.2) is 116 Å². The highest BCUT2D eigenvalue weighted by Crippen LogP contribution is 2.36. The largest absolute Gasteiger partial charge is 0.469 e. The van der Waals surface area contributed by atoms with Crippen molar-refractivity contribution in [3.05, 3.63) is 0 Å². The van der Waals surface area contributed by atoms with Crippen LogP contribution >= 0.6 is 0 Å². The minimum atomic E-state index is -1.65. The SMILES string of the molecule is CC(=O)OC[C@H]1O[C@@H](O[C@H]2[C@H](OC(C)=O)[C@H]3OC(C)=N[C@H]3O[C@@H]2COC(C)=O)[C@H](OC(C)=O)[C@@H](OC(C)=O)[C@H]1OC(C)=O. The number of aliphatic imine (C=N–C) groups is 1. The molecule has 0 aromatic rings. The van der Waals surface area contributed by atoms with Crippen molar-refractivity contribution in [1.82, 2.24) is 0 Å². The van der Waals surface area contributed by atoms with Gasteiger partial charge < -0.3 is 47.4 Å². The summed E-state index contributed by atoms with van der Waals surface area (Å²) in [5.41, 5.74) is 0. The van der Waals surface area contributed by atoms with Crippen LogP contribution in [-0.2, 0) is 76.1 Å². The predicted molar refractivity (Wildman–Crippen MR) is 136 cm³/mol. The van der Waals surface area contributed by atoms with Gasteiger partial charge in [-0.3, -0.25) is 28.8 Å². The lowest BCUT2D eigenvalue weighted by atomic mass is 9.96. The Morgan fingerprint density at radius 1 is 0.605 bits per heavy atom. The van der Waals surface area contributed by atoms with E-state index >= 15 is 0 Å². The summed E-state index contributed by atoms with van der Waals surface area (Å²) in [5.74, 6) is -4.35. The average molecular weight is 618 g/mol. The first-order valence-electron chi connectivity index (χ1n) is 13.3. The lowest BCUT2D eigenvalue weighted by Gasteiger charge is -2.47. The molecule has 0 bridgehead atoms. The molecule has 3 rings (SSSR count). The number of carbonyl (C=O) groups excluding carboxylic acids is 6. The third kappa shape index (κ3) is 9.08. The topological polar surface area (TPSA) is 207 Å². The Bertz CT molecular complexity index is 1120. The van der Waals surface area contributed by atoms with Gasteiger partial charge in [-0.1, -0.05) is 0 Å². The van der Waals surface area contributed by atoms with E-state index in [4.69, 9.17) is 47.4 Å². The van der Waals surface area contributed by atoms with Crippen molar-refractivity contribution in [1.29, 1.82) is 0 Å². The summed E-state index contributed by atoms with van der Waals surface area (Å²) in [7, 11) is 0. The highest BCUT2D eigenvalue weighted by molar-refractivity contribution is 5.75. The molecule has 0 radical (unpaired) electrons. The Morgan fingerprint density at radius 2 is 1.07 bits per heavy atom. The second-order valence-electron chi connectivity index (χ2n) is 9.84. The molecule has 240 valence electrons. The number of rotatable bonds is 10. The molecule has 0 aromatic carbocycles. The standard InChI is InChI=1S/C26H35NO16/c1-10-27-25-23(36-10)21(38-14(5)31)20(17(41-25)8-34-11(2)28)43-26-24(40-16(7)33)22(39-15(6)32)19(37-13(4)30)18(42-26)9-35-12(3)29/h17-26H,8-9H2,1-7H3/t17-,18-,19+,20-,21+,22+,23-,24-,25+,26+/m1/s1. The van der Waals surface area contributed by atoms with Gasteiger partial charge in [0.1, 0.15) is 31.5 Å². The monoisotopic (exact) mass is 617 g/mol. The Morgan fingerprint density at radius 3 is 1.58 bits per heavy atom. The normalized spacial score (nSPS) is 33.0. The number of ether oxygens (including phenoxy) is 10. The first-order chi connectivity index (χ1) is 20.2. The fourth-order valence-corrected chi connectivity index (χ4v) is 4.81. The summed E-state index contributed by atoms with van der Waals surface area (Å²) in [6, 6.07) is 0. The van der Waals surface area contributed by atoms with Gasteiger partial charge in [-0.25, -0.2) is 4.99 Å². The first kappa shape index (κ1) is 33.7. The summed E-state index contributed by atoms with van der Waals surface area (Å²) in [4.78, 5) is 76.1. The van der Waals surface area contributed by atoms with Crippen LogP contribution in [0.5, 0.6) is 0 Å². The highest BCUT2D eigenvalue weighted by atomic mass is 16.8. The number of nitrogens with zero attached hydrogens (tertiary/aromatic N) is 1. The molecule has 0 aliphatic carbocycles. The van der Waals surface area contributed by atoms with E-state index in [0.29, 0.717) is 0 Å². The molecule has 3 aliphatic rings. The third-order valence-electron chi connectivity index (χ3n) is 6.22. The number of hydrogen-bond acceptors (Lipinski definition) is 17. The second kappa shape index (κ2) is 14.6. The number of fused-ring (bicyclic) bond motifs is 1. The van der Waals surface area contributed by atoms with Gasteiger partial charge in [-0.05, 0) is 0 Å². The second-order valence-corrected chi connectivity index (χ2v) is 9.84. The molecule has 10 atom stereocenters. The lowest BCUT2D eigenvalue weighted by Crippen LogP contribution is -2.66. The van der Waals surface area contributed by atoms with E-state index in [1.807, 2.05) is 0 Å². The summed E-state index contributed by atoms with van der Waals surface area (Å²) >= 11 is 0.